The molecular weight excluding hydrogens is 570 g/mol. The number of aromatic nitrogens is 2. The lowest BCUT2D eigenvalue weighted by Crippen LogP contribution is -2.46. The second kappa shape index (κ2) is 13.7. The number of rotatable bonds is 11. The van der Waals surface area contributed by atoms with E-state index in [4.69, 9.17) is 14.2 Å². The van der Waals surface area contributed by atoms with Gasteiger partial charge in [-0.3, -0.25) is 14.5 Å². The lowest BCUT2D eigenvalue weighted by atomic mass is 9.93. The summed E-state index contributed by atoms with van der Waals surface area (Å²) in [6.45, 7) is 5.06. The summed E-state index contributed by atoms with van der Waals surface area (Å²) in [6.07, 6.45) is 5.56. The van der Waals surface area contributed by atoms with E-state index in [9.17, 15) is 9.59 Å². The van der Waals surface area contributed by atoms with Crippen LogP contribution >= 0.6 is 0 Å². The topological polar surface area (TPSA) is 106 Å². The maximum absolute atomic E-state index is 13.1. The van der Waals surface area contributed by atoms with Gasteiger partial charge in [-0.2, -0.15) is 0 Å². The third-order valence-electron chi connectivity index (χ3n) is 7.93. The summed E-state index contributed by atoms with van der Waals surface area (Å²) in [7, 11) is 3.20. The number of hydrogen-bond acceptors (Lipinski definition) is 10. The van der Waals surface area contributed by atoms with Crippen LogP contribution in [0.25, 0.3) is 16.5 Å². The molecule has 10 nitrogen and oxygen atoms in total. The van der Waals surface area contributed by atoms with Crippen LogP contribution in [0.3, 0.4) is 0 Å². The van der Waals surface area contributed by atoms with Gasteiger partial charge in [0, 0.05) is 73.8 Å². The first kappa shape index (κ1) is 30.0. The van der Waals surface area contributed by atoms with Gasteiger partial charge in [-0.1, -0.05) is 30.3 Å². The van der Waals surface area contributed by atoms with Crippen molar-refractivity contribution in [2.45, 2.75) is 6.54 Å². The zero-order valence-corrected chi connectivity index (χ0v) is 25.4. The molecule has 230 valence electrons. The summed E-state index contributed by atoms with van der Waals surface area (Å²) in [5.74, 6) is 1.26. The van der Waals surface area contributed by atoms with E-state index in [-0.39, 0.29) is 11.6 Å². The predicted octanol–water partition coefficient (Wildman–Crippen LogP) is 4.82. The van der Waals surface area contributed by atoms with Gasteiger partial charge < -0.3 is 24.4 Å². The highest BCUT2D eigenvalue weighted by Crippen LogP contribution is 2.37. The SMILES string of the molecule is COCCOc1cc2ncnc(Nc3ccc(N4CCN(Cc5ccccc5)CC4)c(C4=CC(=O)C=CC4=O)c3)c2cc1OC. The van der Waals surface area contributed by atoms with E-state index in [2.05, 4.69) is 49.4 Å². The Morgan fingerprint density at radius 2 is 1.69 bits per heavy atom. The van der Waals surface area contributed by atoms with Crippen LogP contribution in [0, 0.1) is 0 Å². The summed E-state index contributed by atoms with van der Waals surface area (Å²) < 4.78 is 16.5. The third-order valence-corrected chi connectivity index (χ3v) is 7.93. The van der Waals surface area contributed by atoms with Gasteiger partial charge in [-0.05, 0) is 48.1 Å². The first-order valence-electron chi connectivity index (χ1n) is 14.9. The molecule has 0 bridgehead atoms. The lowest BCUT2D eigenvalue weighted by Gasteiger charge is -2.37. The maximum Gasteiger partial charge on any atom is 0.186 e. The van der Waals surface area contributed by atoms with Crippen LogP contribution in [0.5, 0.6) is 11.5 Å². The molecule has 0 spiro atoms. The molecule has 2 aliphatic rings. The summed E-state index contributed by atoms with van der Waals surface area (Å²) in [4.78, 5) is 39.1. The number of anilines is 3. The molecule has 1 aliphatic heterocycles. The Labute approximate surface area is 261 Å². The largest absolute Gasteiger partial charge is 0.493 e. The van der Waals surface area contributed by atoms with Crippen molar-refractivity contribution in [2.24, 2.45) is 0 Å². The van der Waals surface area contributed by atoms with Crippen molar-refractivity contribution in [3.8, 4) is 11.5 Å². The van der Waals surface area contributed by atoms with Crippen LogP contribution in [0.15, 0.2) is 85.2 Å². The lowest BCUT2D eigenvalue weighted by molar-refractivity contribution is -0.113. The first-order chi connectivity index (χ1) is 22.0. The number of hydrogen-bond donors (Lipinski definition) is 1. The number of benzene rings is 3. The highest BCUT2D eigenvalue weighted by atomic mass is 16.5. The van der Waals surface area contributed by atoms with Crippen molar-refractivity contribution in [1.29, 1.82) is 0 Å². The van der Waals surface area contributed by atoms with Gasteiger partial charge in [0.2, 0.25) is 0 Å². The molecule has 0 saturated carbocycles. The molecule has 1 aliphatic carbocycles. The first-order valence-corrected chi connectivity index (χ1v) is 14.9. The Morgan fingerprint density at radius 3 is 2.47 bits per heavy atom. The second-order valence-corrected chi connectivity index (χ2v) is 10.8. The van der Waals surface area contributed by atoms with E-state index in [0.717, 1.165) is 43.8 Å². The molecular formula is C35H35N5O5. The molecule has 0 unspecified atom stereocenters. The highest BCUT2D eigenvalue weighted by Gasteiger charge is 2.24. The number of nitrogens with zero attached hydrogens (tertiary/aromatic N) is 4. The number of ether oxygens (including phenoxy) is 3. The van der Waals surface area contributed by atoms with Gasteiger partial charge in [-0.25, -0.2) is 9.97 Å². The van der Waals surface area contributed by atoms with Crippen LogP contribution < -0.4 is 19.7 Å². The Bertz CT molecular complexity index is 1760. The quantitative estimate of drug-likeness (QED) is 0.189. The van der Waals surface area contributed by atoms with E-state index in [1.807, 2.05) is 36.4 Å². The zero-order valence-electron chi connectivity index (χ0n) is 25.4. The van der Waals surface area contributed by atoms with E-state index in [1.165, 1.54) is 30.1 Å². The van der Waals surface area contributed by atoms with Crippen LogP contribution in [0.4, 0.5) is 17.2 Å². The van der Waals surface area contributed by atoms with E-state index in [0.29, 0.717) is 52.9 Å². The molecule has 0 atom stereocenters. The fraction of sp³-hybridized carbons (Fsp3) is 0.257. The standard InChI is InChI=1S/C35H35N5O5/c1-43-16-17-45-34-21-30-29(20-33(34)44-2)35(37-23-36-30)38-25-8-10-31(27(18-25)28-19-26(41)9-11-32(28)42)40-14-12-39(13-15-40)22-24-6-4-3-5-7-24/h3-11,18-21,23H,12-17,22H2,1-2H3,(H,36,37,38). The van der Waals surface area contributed by atoms with Gasteiger partial charge >= 0.3 is 0 Å². The number of methoxy groups -OCH3 is 2. The van der Waals surface area contributed by atoms with Crippen LogP contribution in [-0.2, 0) is 20.9 Å². The molecule has 45 heavy (non-hydrogen) atoms. The number of carbonyl (C=O) groups excluding carboxylic acids is 2. The molecule has 0 amide bonds. The average molecular weight is 606 g/mol. The minimum absolute atomic E-state index is 0.200. The molecule has 6 rings (SSSR count). The monoisotopic (exact) mass is 605 g/mol. The van der Waals surface area contributed by atoms with Gasteiger partial charge in [0.25, 0.3) is 0 Å². The molecule has 1 saturated heterocycles. The minimum atomic E-state index is -0.209. The highest BCUT2D eigenvalue weighted by molar-refractivity contribution is 6.34. The smallest absolute Gasteiger partial charge is 0.186 e. The molecule has 2 heterocycles. The van der Waals surface area contributed by atoms with Crippen molar-refractivity contribution >= 4 is 45.2 Å². The van der Waals surface area contributed by atoms with Crippen molar-refractivity contribution in [3.05, 3.63) is 96.3 Å². The Morgan fingerprint density at radius 1 is 0.867 bits per heavy atom. The predicted molar refractivity (Wildman–Crippen MR) is 174 cm³/mol. The summed E-state index contributed by atoms with van der Waals surface area (Å²) in [6, 6.07) is 20.0. The van der Waals surface area contributed by atoms with Gasteiger partial charge in [0.15, 0.2) is 23.1 Å². The molecule has 0 radical (unpaired) electrons. The molecule has 1 N–H and O–H groups in total. The van der Waals surface area contributed by atoms with Crippen LogP contribution in [-0.4, -0.2) is 80.0 Å². The third kappa shape index (κ3) is 6.87. The Hall–Kier alpha value is -5.06. The number of nitrogens with one attached hydrogen (secondary N) is 1. The summed E-state index contributed by atoms with van der Waals surface area (Å²) in [5.41, 5.74) is 4.66. The van der Waals surface area contributed by atoms with Crippen molar-refractivity contribution < 1.29 is 23.8 Å². The minimum Gasteiger partial charge on any atom is -0.493 e. The molecule has 1 aromatic heterocycles. The van der Waals surface area contributed by atoms with Crippen molar-refractivity contribution in [3.63, 3.8) is 0 Å². The fourth-order valence-electron chi connectivity index (χ4n) is 5.62. The zero-order chi connectivity index (χ0) is 31.2. The summed E-state index contributed by atoms with van der Waals surface area (Å²) in [5, 5.41) is 4.14. The number of piperazine rings is 1. The maximum atomic E-state index is 13.1. The average Bonchev–Trinajstić information content (AvgIpc) is 3.07. The van der Waals surface area contributed by atoms with Crippen molar-refractivity contribution in [2.75, 3.05) is 63.8 Å². The molecule has 10 heteroatoms. The number of fused-ring (bicyclic) bond motifs is 1. The van der Waals surface area contributed by atoms with Gasteiger partial charge in [-0.15, -0.1) is 0 Å². The molecule has 1 fully saturated rings. The number of carbonyl (C=O) groups is 2. The van der Waals surface area contributed by atoms with Crippen LogP contribution in [0.1, 0.15) is 11.1 Å². The van der Waals surface area contributed by atoms with E-state index < -0.39 is 0 Å². The Kier molecular flexibility index (Phi) is 9.14. The van der Waals surface area contributed by atoms with Gasteiger partial charge in [0.1, 0.15) is 18.8 Å². The van der Waals surface area contributed by atoms with Crippen molar-refractivity contribution in [1.82, 2.24) is 14.9 Å². The number of ketones is 2. The molecule has 3 aromatic carbocycles. The molecule has 4 aromatic rings. The van der Waals surface area contributed by atoms with Crippen LogP contribution in [0.2, 0.25) is 0 Å². The van der Waals surface area contributed by atoms with E-state index in [1.54, 1.807) is 14.2 Å². The Balaban J connectivity index is 1.29. The van der Waals surface area contributed by atoms with Gasteiger partial charge in [0.05, 0.1) is 19.2 Å². The van der Waals surface area contributed by atoms with E-state index >= 15 is 0 Å². The number of allylic oxidation sites excluding steroid dienone is 4. The normalized spacial score (nSPS) is 15.3. The second-order valence-electron chi connectivity index (χ2n) is 10.8. The fourth-order valence-corrected chi connectivity index (χ4v) is 5.62. The summed E-state index contributed by atoms with van der Waals surface area (Å²) >= 11 is 0.